The van der Waals surface area contributed by atoms with Crippen LogP contribution in [-0.2, 0) is 14.2 Å². The molecular formula is C10H18O3. The lowest BCUT2D eigenvalue weighted by Crippen LogP contribution is -2.50. The van der Waals surface area contributed by atoms with Crippen molar-refractivity contribution in [1.29, 1.82) is 0 Å². The Labute approximate surface area is 79.4 Å². The van der Waals surface area contributed by atoms with Gasteiger partial charge in [-0.2, -0.15) is 0 Å². The Kier molecular flexibility index (Phi) is 2.34. The lowest BCUT2D eigenvalue weighted by Gasteiger charge is -2.45. The summed E-state index contributed by atoms with van der Waals surface area (Å²) in [4.78, 5) is 0. The van der Waals surface area contributed by atoms with Crippen LogP contribution in [0.3, 0.4) is 0 Å². The SMILES string of the molecule is CC1(C)COC2(CCOCC2)OC1. The summed E-state index contributed by atoms with van der Waals surface area (Å²) >= 11 is 0. The third-order valence-electron chi connectivity index (χ3n) is 2.71. The van der Waals surface area contributed by atoms with E-state index in [1.165, 1.54) is 0 Å². The molecule has 2 fully saturated rings. The van der Waals surface area contributed by atoms with Crippen molar-refractivity contribution in [2.75, 3.05) is 26.4 Å². The zero-order valence-corrected chi connectivity index (χ0v) is 8.47. The van der Waals surface area contributed by atoms with Gasteiger partial charge < -0.3 is 14.2 Å². The fourth-order valence-electron chi connectivity index (χ4n) is 1.71. The quantitative estimate of drug-likeness (QED) is 0.574. The van der Waals surface area contributed by atoms with Gasteiger partial charge in [-0.1, -0.05) is 13.8 Å². The highest BCUT2D eigenvalue weighted by molar-refractivity contribution is 4.81. The summed E-state index contributed by atoms with van der Waals surface area (Å²) < 4.78 is 16.9. The first-order valence-electron chi connectivity index (χ1n) is 4.98. The molecule has 2 rings (SSSR count). The number of rotatable bonds is 0. The van der Waals surface area contributed by atoms with Gasteiger partial charge in [0.05, 0.1) is 26.4 Å². The first-order valence-corrected chi connectivity index (χ1v) is 4.98. The highest BCUT2D eigenvalue weighted by Crippen LogP contribution is 2.35. The molecule has 0 N–H and O–H groups in total. The molecule has 2 aliphatic heterocycles. The molecule has 0 aromatic rings. The molecule has 13 heavy (non-hydrogen) atoms. The van der Waals surface area contributed by atoms with Crippen LogP contribution >= 0.6 is 0 Å². The van der Waals surface area contributed by atoms with Crippen molar-refractivity contribution >= 4 is 0 Å². The van der Waals surface area contributed by atoms with E-state index < -0.39 is 0 Å². The second-order valence-electron chi connectivity index (χ2n) is 4.76. The molecule has 0 aromatic heterocycles. The molecule has 0 aromatic carbocycles. The van der Waals surface area contributed by atoms with Crippen molar-refractivity contribution in [2.24, 2.45) is 5.41 Å². The number of hydrogen-bond donors (Lipinski definition) is 0. The van der Waals surface area contributed by atoms with Crippen LogP contribution in [0.5, 0.6) is 0 Å². The zero-order valence-electron chi connectivity index (χ0n) is 8.47. The lowest BCUT2D eigenvalue weighted by atomic mass is 9.93. The lowest BCUT2D eigenvalue weighted by molar-refractivity contribution is -0.320. The monoisotopic (exact) mass is 186 g/mol. The van der Waals surface area contributed by atoms with Crippen molar-refractivity contribution < 1.29 is 14.2 Å². The highest BCUT2D eigenvalue weighted by atomic mass is 16.7. The Bertz CT molecular complexity index is 171. The fraction of sp³-hybridized carbons (Fsp3) is 1.00. The third kappa shape index (κ3) is 2.03. The minimum atomic E-state index is -0.312. The van der Waals surface area contributed by atoms with Crippen LogP contribution in [0.4, 0.5) is 0 Å². The average molecular weight is 186 g/mol. The van der Waals surface area contributed by atoms with Crippen LogP contribution < -0.4 is 0 Å². The van der Waals surface area contributed by atoms with Gasteiger partial charge in [-0.05, 0) is 0 Å². The maximum atomic E-state index is 5.82. The predicted octanol–water partition coefficient (Wildman–Crippen LogP) is 1.57. The van der Waals surface area contributed by atoms with Gasteiger partial charge >= 0.3 is 0 Å². The van der Waals surface area contributed by atoms with Crippen LogP contribution in [-0.4, -0.2) is 32.2 Å². The molecule has 0 amide bonds. The molecule has 2 saturated heterocycles. The summed E-state index contributed by atoms with van der Waals surface area (Å²) in [5.41, 5.74) is 0.170. The smallest absolute Gasteiger partial charge is 0.172 e. The van der Waals surface area contributed by atoms with Gasteiger partial charge in [-0.15, -0.1) is 0 Å². The molecule has 0 bridgehead atoms. The van der Waals surface area contributed by atoms with Gasteiger partial charge in [-0.25, -0.2) is 0 Å². The topological polar surface area (TPSA) is 27.7 Å². The largest absolute Gasteiger partial charge is 0.381 e. The van der Waals surface area contributed by atoms with E-state index in [9.17, 15) is 0 Å². The molecule has 0 radical (unpaired) electrons. The Morgan fingerprint density at radius 2 is 1.46 bits per heavy atom. The summed E-state index contributed by atoms with van der Waals surface area (Å²) in [7, 11) is 0. The van der Waals surface area contributed by atoms with Gasteiger partial charge in [0.2, 0.25) is 0 Å². The molecule has 0 unspecified atom stereocenters. The van der Waals surface area contributed by atoms with E-state index in [1.807, 2.05) is 0 Å². The average Bonchev–Trinajstić information content (AvgIpc) is 2.13. The molecule has 2 aliphatic rings. The molecule has 0 aliphatic carbocycles. The Balaban J connectivity index is 1.95. The van der Waals surface area contributed by atoms with E-state index in [1.54, 1.807) is 0 Å². The molecule has 3 nitrogen and oxygen atoms in total. The second-order valence-corrected chi connectivity index (χ2v) is 4.76. The first-order chi connectivity index (χ1) is 6.12. The van der Waals surface area contributed by atoms with E-state index >= 15 is 0 Å². The number of hydrogen-bond acceptors (Lipinski definition) is 3. The summed E-state index contributed by atoms with van der Waals surface area (Å²) in [5.74, 6) is -0.312. The van der Waals surface area contributed by atoms with Gasteiger partial charge in [0.25, 0.3) is 0 Å². The summed E-state index contributed by atoms with van der Waals surface area (Å²) in [6, 6.07) is 0. The molecule has 3 heteroatoms. The Hall–Kier alpha value is -0.120. The fourth-order valence-corrected chi connectivity index (χ4v) is 1.71. The van der Waals surface area contributed by atoms with E-state index in [4.69, 9.17) is 14.2 Å². The van der Waals surface area contributed by atoms with Crippen molar-refractivity contribution in [3.05, 3.63) is 0 Å². The molecule has 0 atom stereocenters. The van der Waals surface area contributed by atoms with Crippen LogP contribution in [0, 0.1) is 5.41 Å². The van der Waals surface area contributed by atoms with E-state index in [-0.39, 0.29) is 11.2 Å². The van der Waals surface area contributed by atoms with Gasteiger partial charge in [0.1, 0.15) is 0 Å². The van der Waals surface area contributed by atoms with Crippen LogP contribution in [0.2, 0.25) is 0 Å². The molecule has 1 spiro atoms. The first kappa shape index (κ1) is 9.44. The van der Waals surface area contributed by atoms with Gasteiger partial charge in [0, 0.05) is 18.3 Å². The summed E-state index contributed by atoms with van der Waals surface area (Å²) in [5, 5.41) is 0. The minimum absolute atomic E-state index is 0.170. The van der Waals surface area contributed by atoms with Gasteiger partial charge in [0.15, 0.2) is 5.79 Å². The van der Waals surface area contributed by atoms with Gasteiger partial charge in [-0.3, -0.25) is 0 Å². The van der Waals surface area contributed by atoms with Crippen LogP contribution in [0.1, 0.15) is 26.7 Å². The predicted molar refractivity (Wildman–Crippen MR) is 48.5 cm³/mol. The molecule has 76 valence electrons. The van der Waals surface area contributed by atoms with Crippen LogP contribution in [0.25, 0.3) is 0 Å². The minimum Gasteiger partial charge on any atom is -0.381 e. The van der Waals surface area contributed by atoms with Crippen molar-refractivity contribution in [1.82, 2.24) is 0 Å². The van der Waals surface area contributed by atoms with Crippen molar-refractivity contribution in [3.8, 4) is 0 Å². The second kappa shape index (κ2) is 3.23. The maximum Gasteiger partial charge on any atom is 0.172 e. The third-order valence-corrected chi connectivity index (χ3v) is 2.71. The standard InChI is InChI=1S/C10H18O3/c1-9(2)7-12-10(13-8-9)3-5-11-6-4-10/h3-8H2,1-2H3. The van der Waals surface area contributed by atoms with E-state index in [0.717, 1.165) is 39.3 Å². The van der Waals surface area contributed by atoms with Crippen LogP contribution in [0.15, 0.2) is 0 Å². The molecule has 2 heterocycles. The number of ether oxygens (including phenoxy) is 3. The molecular weight excluding hydrogens is 168 g/mol. The van der Waals surface area contributed by atoms with Crippen molar-refractivity contribution in [3.63, 3.8) is 0 Å². The maximum absolute atomic E-state index is 5.82. The Morgan fingerprint density at radius 3 is 2.00 bits per heavy atom. The normalized spacial score (nSPS) is 31.8. The zero-order chi connectivity index (χ0) is 9.36. The Morgan fingerprint density at radius 1 is 0.923 bits per heavy atom. The highest BCUT2D eigenvalue weighted by Gasteiger charge is 2.41. The molecule has 0 saturated carbocycles. The van der Waals surface area contributed by atoms with E-state index in [2.05, 4.69) is 13.8 Å². The van der Waals surface area contributed by atoms with E-state index in [0.29, 0.717) is 0 Å². The van der Waals surface area contributed by atoms with Crippen molar-refractivity contribution in [2.45, 2.75) is 32.5 Å². The summed E-state index contributed by atoms with van der Waals surface area (Å²) in [6.45, 7) is 7.46. The summed E-state index contributed by atoms with van der Waals surface area (Å²) in [6.07, 6.45) is 1.76.